The molecule has 0 aliphatic carbocycles. The zero-order chi connectivity index (χ0) is 12.1. The van der Waals surface area contributed by atoms with Gasteiger partial charge < -0.3 is 9.57 Å². The van der Waals surface area contributed by atoms with Crippen LogP contribution in [0.5, 0.6) is 11.5 Å². The highest BCUT2D eigenvalue weighted by atomic mass is 16.6. The van der Waals surface area contributed by atoms with Gasteiger partial charge in [0, 0.05) is 7.05 Å². The third-order valence-corrected chi connectivity index (χ3v) is 2.50. The summed E-state index contributed by atoms with van der Waals surface area (Å²) >= 11 is 0. The van der Waals surface area contributed by atoms with Crippen molar-refractivity contribution >= 4 is 0 Å². The number of methoxy groups -OCH3 is 1. The van der Waals surface area contributed by atoms with Gasteiger partial charge in [-0.15, -0.1) is 0 Å². The minimum absolute atomic E-state index is 0.796. The largest absolute Gasteiger partial charge is 0.497 e. The van der Waals surface area contributed by atoms with E-state index in [0.29, 0.717) is 0 Å². The van der Waals surface area contributed by atoms with Crippen LogP contribution in [0.4, 0.5) is 0 Å². The summed E-state index contributed by atoms with van der Waals surface area (Å²) in [5.41, 5.74) is 4.95. The molecule has 0 spiro atoms. The van der Waals surface area contributed by atoms with E-state index in [9.17, 15) is 0 Å². The molecule has 0 aliphatic heterocycles. The van der Waals surface area contributed by atoms with Gasteiger partial charge >= 0.3 is 0 Å². The predicted molar refractivity (Wildman–Crippen MR) is 68.1 cm³/mol. The van der Waals surface area contributed by atoms with Crippen molar-refractivity contribution in [2.24, 2.45) is 0 Å². The van der Waals surface area contributed by atoms with Gasteiger partial charge in [-0.2, -0.15) is 5.48 Å². The van der Waals surface area contributed by atoms with Gasteiger partial charge in [0.2, 0.25) is 0 Å². The molecule has 2 aromatic rings. The second-order valence-electron chi connectivity index (χ2n) is 3.56. The Kier molecular flexibility index (Phi) is 3.62. The quantitative estimate of drug-likeness (QED) is 0.818. The number of benzene rings is 2. The monoisotopic (exact) mass is 229 g/mol. The van der Waals surface area contributed by atoms with Crippen molar-refractivity contribution in [2.45, 2.75) is 0 Å². The zero-order valence-corrected chi connectivity index (χ0v) is 9.94. The van der Waals surface area contributed by atoms with Gasteiger partial charge in [-0.05, 0) is 35.4 Å². The summed E-state index contributed by atoms with van der Waals surface area (Å²) in [4.78, 5) is 5.16. The third-order valence-electron chi connectivity index (χ3n) is 2.50. The van der Waals surface area contributed by atoms with Gasteiger partial charge in [0.25, 0.3) is 0 Å². The van der Waals surface area contributed by atoms with Crippen LogP contribution in [-0.2, 0) is 0 Å². The molecule has 17 heavy (non-hydrogen) atoms. The summed E-state index contributed by atoms with van der Waals surface area (Å²) in [6, 6.07) is 15.9. The van der Waals surface area contributed by atoms with Gasteiger partial charge in [-0.3, -0.25) is 0 Å². The van der Waals surface area contributed by atoms with E-state index in [1.165, 1.54) is 0 Å². The topological polar surface area (TPSA) is 30.5 Å². The molecule has 2 rings (SSSR count). The maximum atomic E-state index is 5.16. The summed E-state index contributed by atoms with van der Waals surface area (Å²) in [6.45, 7) is 0. The summed E-state index contributed by atoms with van der Waals surface area (Å²) in [7, 11) is 3.40. The summed E-state index contributed by atoms with van der Waals surface area (Å²) < 4.78 is 5.13. The number of nitrogens with one attached hydrogen (secondary N) is 1. The molecule has 0 aliphatic rings. The van der Waals surface area contributed by atoms with E-state index < -0.39 is 0 Å². The highest BCUT2D eigenvalue weighted by Gasteiger charge is 1.99. The van der Waals surface area contributed by atoms with Gasteiger partial charge in [0.1, 0.15) is 11.5 Å². The minimum Gasteiger partial charge on any atom is -0.497 e. The second-order valence-corrected chi connectivity index (χ2v) is 3.56. The van der Waals surface area contributed by atoms with Gasteiger partial charge in [-0.25, -0.2) is 0 Å². The Labute approximate surface area is 101 Å². The van der Waals surface area contributed by atoms with Crippen molar-refractivity contribution in [3.05, 3.63) is 48.5 Å². The average Bonchev–Trinajstić information content (AvgIpc) is 2.40. The predicted octanol–water partition coefficient (Wildman–Crippen LogP) is 2.88. The first-order valence-electron chi connectivity index (χ1n) is 5.41. The third kappa shape index (κ3) is 2.77. The number of rotatable bonds is 4. The summed E-state index contributed by atoms with van der Waals surface area (Å²) in [5.74, 6) is 1.66. The molecule has 0 atom stereocenters. The van der Waals surface area contributed by atoms with Crippen molar-refractivity contribution in [3.8, 4) is 22.6 Å². The fraction of sp³-hybridized carbons (Fsp3) is 0.143. The van der Waals surface area contributed by atoms with Crippen molar-refractivity contribution in [1.82, 2.24) is 5.48 Å². The first-order chi connectivity index (χ1) is 8.33. The van der Waals surface area contributed by atoms with Crippen LogP contribution in [0.2, 0.25) is 0 Å². The zero-order valence-electron chi connectivity index (χ0n) is 9.94. The van der Waals surface area contributed by atoms with E-state index in [2.05, 4.69) is 5.48 Å². The fourth-order valence-corrected chi connectivity index (χ4v) is 1.62. The summed E-state index contributed by atoms with van der Waals surface area (Å²) in [6.07, 6.45) is 0. The average molecular weight is 229 g/mol. The number of hydrogen-bond acceptors (Lipinski definition) is 3. The number of hydrogen-bond donors (Lipinski definition) is 1. The Morgan fingerprint density at radius 3 is 1.65 bits per heavy atom. The minimum atomic E-state index is 0.796. The smallest absolute Gasteiger partial charge is 0.147 e. The Bertz CT molecular complexity index is 463. The molecule has 0 unspecified atom stereocenters. The highest BCUT2D eigenvalue weighted by Crippen LogP contribution is 2.24. The van der Waals surface area contributed by atoms with Crippen LogP contribution in [0.3, 0.4) is 0 Å². The Hall–Kier alpha value is -2.00. The van der Waals surface area contributed by atoms with E-state index in [1.807, 2.05) is 48.5 Å². The molecule has 0 heterocycles. The molecule has 0 aromatic heterocycles. The molecule has 1 N–H and O–H groups in total. The maximum absolute atomic E-state index is 5.16. The number of ether oxygens (including phenoxy) is 1. The molecule has 3 heteroatoms. The lowest BCUT2D eigenvalue weighted by Gasteiger charge is -2.06. The van der Waals surface area contributed by atoms with Crippen LogP contribution in [-0.4, -0.2) is 14.2 Å². The van der Waals surface area contributed by atoms with Crippen molar-refractivity contribution < 1.29 is 9.57 Å². The van der Waals surface area contributed by atoms with E-state index in [0.717, 1.165) is 22.6 Å². The summed E-state index contributed by atoms with van der Waals surface area (Å²) in [5, 5.41) is 0. The molecule has 3 nitrogen and oxygen atoms in total. The Balaban J connectivity index is 2.20. The fourth-order valence-electron chi connectivity index (χ4n) is 1.62. The van der Waals surface area contributed by atoms with E-state index in [-0.39, 0.29) is 0 Å². The highest BCUT2D eigenvalue weighted by molar-refractivity contribution is 5.64. The Morgan fingerprint density at radius 2 is 1.24 bits per heavy atom. The molecule has 0 amide bonds. The van der Waals surface area contributed by atoms with Gasteiger partial charge in [0.15, 0.2) is 0 Å². The van der Waals surface area contributed by atoms with Crippen LogP contribution in [0.1, 0.15) is 0 Å². The first kappa shape index (κ1) is 11.5. The molecular weight excluding hydrogens is 214 g/mol. The van der Waals surface area contributed by atoms with Crippen LogP contribution in [0.15, 0.2) is 48.5 Å². The van der Waals surface area contributed by atoms with Crippen molar-refractivity contribution in [2.75, 3.05) is 14.2 Å². The van der Waals surface area contributed by atoms with E-state index >= 15 is 0 Å². The molecule has 0 saturated heterocycles. The molecular formula is C14H15NO2. The van der Waals surface area contributed by atoms with Crippen LogP contribution >= 0.6 is 0 Å². The van der Waals surface area contributed by atoms with E-state index in [4.69, 9.17) is 9.57 Å². The second kappa shape index (κ2) is 5.37. The SMILES string of the molecule is CNOc1ccc(-c2ccc(OC)cc2)cc1. The Morgan fingerprint density at radius 1 is 0.765 bits per heavy atom. The molecule has 0 fully saturated rings. The van der Waals surface area contributed by atoms with Crippen LogP contribution in [0.25, 0.3) is 11.1 Å². The number of hydroxylamine groups is 1. The molecule has 0 saturated carbocycles. The lowest BCUT2D eigenvalue weighted by atomic mass is 10.1. The maximum Gasteiger partial charge on any atom is 0.147 e. The molecule has 88 valence electrons. The molecule has 0 bridgehead atoms. The van der Waals surface area contributed by atoms with Crippen LogP contribution in [0, 0.1) is 0 Å². The standard InChI is InChI=1S/C14H15NO2/c1-15-17-14-9-5-12(6-10-14)11-3-7-13(16-2)8-4-11/h3-10,15H,1-2H3. The lowest BCUT2D eigenvalue weighted by Crippen LogP contribution is -2.10. The molecule has 2 aromatic carbocycles. The normalized spacial score (nSPS) is 10.0. The first-order valence-corrected chi connectivity index (χ1v) is 5.41. The van der Waals surface area contributed by atoms with Crippen molar-refractivity contribution in [1.29, 1.82) is 0 Å². The van der Waals surface area contributed by atoms with Crippen LogP contribution < -0.4 is 15.1 Å². The van der Waals surface area contributed by atoms with E-state index in [1.54, 1.807) is 14.2 Å². The van der Waals surface area contributed by atoms with Gasteiger partial charge in [0.05, 0.1) is 7.11 Å². The molecule has 0 radical (unpaired) electrons. The van der Waals surface area contributed by atoms with Gasteiger partial charge in [-0.1, -0.05) is 24.3 Å². The lowest BCUT2D eigenvalue weighted by molar-refractivity contribution is 0.224. The van der Waals surface area contributed by atoms with Crippen molar-refractivity contribution in [3.63, 3.8) is 0 Å².